The summed E-state index contributed by atoms with van der Waals surface area (Å²) in [5.74, 6) is -0.0687. The van der Waals surface area contributed by atoms with E-state index in [1.165, 1.54) is 0 Å². The summed E-state index contributed by atoms with van der Waals surface area (Å²) in [7, 11) is 0. The van der Waals surface area contributed by atoms with E-state index < -0.39 is 0 Å². The number of hydrogen-bond acceptors (Lipinski definition) is 3. The van der Waals surface area contributed by atoms with Crippen molar-refractivity contribution >= 4 is 40.7 Å². The molecule has 0 atom stereocenters. The average molecular weight is 460 g/mol. The Kier molecular flexibility index (Phi) is 7.16. The van der Waals surface area contributed by atoms with E-state index in [9.17, 15) is 9.59 Å². The number of benzene rings is 2. The second kappa shape index (κ2) is 10.0. The number of carbonyl (C=O) groups excluding carboxylic acids is 2. The van der Waals surface area contributed by atoms with Gasteiger partial charge in [-0.25, -0.2) is 0 Å². The topological polar surface area (TPSA) is 52.7 Å². The van der Waals surface area contributed by atoms with Crippen molar-refractivity contribution < 1.29 is 9.59 Å². The third kappa shape index (κ3) is 5.40. The Morgan fingerprint density at radius 1 is 0.968 bits per heavy atom. The van der Waals surface area contributed by atoms with Crippen LogP contribution in [0.25, 0.3) is 0 Å². The number of nitrogens with one attached hydrogen (secondary N) is 1. The molecule has 0 saturated carbocycles. The van der Waals surface area contributed by atoms with Gasteiger partial charge >= 0.3 is 0 Å². The molecule has 2 aliphatic heterocycles. The fourth-order valence-electron chi connectivity index (χ4n) is 4.35. The molecule has 164 valence electrons. The van der Waals surface area contributed by atoms with E-state index in [1.54, 1.807) is 12.1 Å². The van der Waals surface area contributed by atoms with Crippen molar-refractivity contribution in [2.45, 2.75) is 32.2 Å². The Morgan fingerprint density at radius 3 is 2.39 bits per heavy atom. The van der Waals surface area contributed by atoms with Crippen LogP contribution in [0.2, 0.25) is 10.0 Å². The number of hydrogen-bond donors (Lipinski definition) is 1. The number of para-hydroxylation sites is 1. The van der Waals surface area contributed by atoms with Gasteiger partial charge in [0.05, 0.1) is 11.3 Å². The van der Waals surface area contributed by atoms with Crippen LogP contribution in [0.5, 0.6) is 0 Å². The molecular formula is C24H27Cl2N3O2. The minimum atomic E-state index is -0.0631. The van der Waals surface area contributed by atoms with Gasteiger partial charge in [-0.3, -0.25) is 14.5 Å². The maximum Gasteiger partial charge on any atom is 0.255 e. The second-order valence-electron chi connectivity index (χ2n) is 8.32. The number of carbonyl (C=O) groups is 2. The summed E-state index contributed by atoms with van der Waals surface area (Å²) < 4.78 is 0. The molecule has 2 amide bonds. The normalized spacial score (nSPS) is 17.7. The monoisotopic (exact) mass is 459 g/mol. The number of nitrogens with zero attached hydrogens (tertiary/aromatic N) is 2. The van der Waals surface area contributed by atoms with E-state index in [4.69, 9.17) is 23.2 Å². The lowest BCUT2D eigenvalue weighted by molar-refractivity contribution is -0.121. The van der Waals surface area contributed by atoms with Crippen molar-refractivity contribution in [1.29, 1.82) is 0 Å². The number of halogens is 2. The van der Waals surface area contributed by atoms with Crippen LogP contribution in [0.1, 0.15) is 41.6 Å². The van der Waals surface area contributed by atoms with Crippen LogP contribution in [-0.4, -0.2) is 47.8 Å². The first kappa shape index (κ1) is 22.1. The molecule has 1 N–H and O–H groups in total. The first-order valence-electron chi connectivity index (χ1n) is 10.9. The van der Waals surface area contributed by atoms with Crippen LogP contribution < -0.4 is 5.32 Å². The predicted octanol–water partition coefficient (Wildman–Crippen LogP) is 5.08. The van der Waals surface area contributed by atoms with Crippen LogP contribution in [0, 0.1) is 5.92 Å². The summed E-state index contributed by atoms with van der Waals surface area (Å²) in [6.07, 6.45) is 3.64. The molecule has 0 radical (unpaired) electrons. The molecule has 0 aromatic heterocycles. The lowest BCUT2D eigenvalue weighted by atomic mass is 9.95. The minimum absolute atomic E-state index is 0.00284. The SMILES string of the molecule is O=C(Nc1ccccc1C(=O)N1CCCC1)C1CCN(Cc2ccc(Cl)cc2Cl)CC1. The van der Waals surface area contributed by atoms with Crippen molar-refractivity contribution in [3.63, 3.8) is 0 Å². The molecule has 0 bridgehead atoms. The standard InChI is InChI=1S/C24H27Cl2N3O2/c25-19-8-7-18(21(26)15-19)16-28-13-9-17(10-14-28)23(30)27-22-6-2-1-5-20(22)24(31)29-11-3-4-12-29/h1-2,5-8,15,17H,3-4,9-14,16H2,(H,27,30). The summed E-state index contributed by atoms with van der Waals surface area (Å²) in [4.78, 5) is 29.9. The van der Waals surface area contributed by atoms with Crippen molar-refractivity contribution in [3.8, 4) is 0 Å². The molecule has 2 fully saturated rings. The molecule has 2 aromatic rings. The van der Waals surface area contributed by atoms with E-state index in [0.717, 1.165) is 64.0 Å². The van der Waals surface area contributed by atoms with E-state index in [0.29, 0.717) is 21.3 Å². The molecular weight excluding hydrogens is 433 g/mol. The van der Waals surface area contributed by atoms with E-state index in [-0.39, 0.29) is 17.7 Å². The van der Waals surface area contributed by atoms with Gasteiger partial charge in [0.25, 0.3) is 5.91 Å². The van der Waals surface area contributed by atoms with E-state index in [1.807, 2.05) is 35.2 Å². The third-order valence-corrected chi connectivity index (χ3v) is 6.76. The van der Waals surface area contributed by atoms with Crippen LogP contribution in [0.3, 0.4) is 0 Å². The molecule has 2 heterocycles. The largest absolute Gasteiger partial charge is 0.339 e. The number of anilines is 1. The highest BCUT2D eigenvalue weighted by Crippen LogP contribution is 2.26. The first-order chi connectivity index (χ1) is 15.0. The fourth-order valence-corrected chi connectivity index (χ4v) is 4.82. The zero-order valence-corrected chi connectivity index (χ0v) is 19.0. The first-order valence-corrected chi connectivity index (χ1v) is 11.6. The molecule has 5 nitrogen and oxygen atoms in total. The Labute approximate surface area is 193 Å². The molecule has 2 aliphatic rings. The van der Waals surface area contributed by atoms with Gasteiger partial charge in [-0.05, 0) is 68.6 Å². The lowest BCUT2D eigenvalue weighted by Gasteiger charge is -2.31. The van der Waals surface area contributed by atoms with Crippen LogP contribution in [-0.2, 0) is 11.3 Å². The summed E-state index contributed by atoms with van der Waals surface area (Å²) in [6, 6.07) is 12.9. The maximum absolute atomic E-state index is 12.9. The van der Waals surface area contributed by atoms with Gasteiger partial charge in [0.15, 0.2) is 0 Å². The molecule has 0 spiro atoms. The summed E-state index contributed by atoms with van der Waals surface area (Å²) >= 11 is 12.3. The van der Waals surface area contributed by atoms with Gasteiger partial charge in [-0.15, -0.1) is 0 Å². The molecule has 0 unspecified atom stereocenters. The lowest BCUT2D eigenvalue weighted by Crippen LogP contribution is -2.38. The smallest absolute Gasteiger partial charge is 0.255 e. The Hall–Kier alpha value is -2.08. The highest BCUT2D eigenvalue weighted by Gasteiger charge is 2.27. The van der Waals surface area contributed by atoms with Gasteiger partial charge in [0.1, 0.15) is 0 Å². The molecule has 31 heavy (non-hydrogen) atoms. The highest BCUT2D eigenvalue weighted by molar-refractivity contribution is 6.35. The minimum Gasteiger partial charge on any atom is -0.339 e. The third-order valence-electron chi connectivity index (χ3n) is 6.18. The summed E-state index contributed by atoms with van der Waals surface area (Å²) in [6.45, 7) is 3.97. The Morgan fingerprint density at radius 2 is 1.68 bits per heavy atom. The molecule has 0 aliphatic carbocycles. The highest BCUT2D eigenvalue weighted by atomic mass is 35.5. The Bertz CT molecular complexity index is 952. The molecule has 7 heteroatoms. The molecule has 4 rings (SSSR count). The van der Waals surface area contributed by atoms with Crippen molar-refractivity contribution in [3.05, 3.63) is 63.6 Å². The van der Waals surface area contributed by atoms with Gasteiger partial charge in [-0.1, -0.05) is 41.4 Å². The zero-order valence-electron chi connectivity index (χ0n) is 17.4. The number of amides is 2. The van der Waals surface area contributed by atoms with Crippen LogP contribution >= 0.6 is 23.2 Å². The molecule has 2 saturated heterocycles. The van der Waals surface area contributed by atoms with Crippen LogP contribution in [0.15, 0.2) is 42.5 Å². The Balaban J connectivity index is 1.34. The van der Waals surface area contributed by atoms with Crippen molar-refractivity contribution in [1.82, 2.24) is 9.80 Å². The average Bonchev–Trinajstić information content (AvgIpc) is 3.31. The van der Waals surface area contributed by atoms with E-state index in [2.05, 4.69) is 10.2 Å². The van der Waals surface area contributed by atoms with E-state index >= 15 is 0 Å². The fraction of sp³-hybridized carbons (Fsp3) is 0.417. The maximum atomic E-state index is 12.9. The van der Waals surface area contributed by atoms with Gasteiger partial charge < -0.3 is 10.2 Å². The summed E-state index contributed by atoms with van der Waals surface area (Å²) in [5, 5.41) is 4.33. The van der Waals surface area contributed by atoms with Gasteiger partial charge in [0.2, 0.25) is 5.91 Å². The number of likely N-dealkylation sites (tertiary alicyclic amines) is 2. The quantitative estimate of drug-likeness (QED) is 0.677. The zero-order chi connectivity index (χ0) is 21.8. The number of piperidine rings is 1. The van der Waals surface area contributed by atoms with Gasteiger partial charge in [-0.2, -0.15) is 0 Å². The van der Waals surface area contributed by atoms with Gasteiger partial charge in [0, 0.05) is 35.6 Å². The van der Waals surface area contributed by atoms with Crippen LogP contribution in [0.4, 0.5) is 5.69 Å². The number of rotatable bonds is 5. The van der Waals surface area contributed by atoms with Crippen molar-refractivity contribution in [2.24, 2.45) is 5.92 Å². The molecule has 2 aromatic carbocycles. The second-order valence-corrected chi connectivity index (χ2v) is 9.16. The predicted molar refractivity (Wildman–Crippen MR) is 125 cm³/mol. The summed E-state index contributed by atoms with van der Waals surface area (Å²) in [5.41, 5.74) is 2.23. The van der Waals surface area contributed by atoms with Crippen molar-refractivity contribution in [2.75, 3.05) is 31.5 Å².